The topological polar surface area (TPSA) is 82.6 Å². The van der Waals surface area contributed by atoms with Crippen molar-refractivity contribution in [1.29, 1.82) is 0 Å². The van der Waals surface area contributed by atoms with Crippen molar-refractivity contribution in [2.75, 3.05) is 44.3 Å². The van der Waals surface area contributed by atoms with Gasteiger partial charge in [-0.25, -0.2) is 9.59 Å². The smallest absolute Gasteiger partial charge is 0.434 e. The van der Waals surface area contributed by atoms with E-state index in [9.17, 15) is 54.2 Å². The lowest BCUT2D eigenvalue weighted by Gasteiger charge is -2.45. The van der Waals surface area contributed by atoms with Gasteiger partial charge >= 0.3 is 30.6 Å². The molecule has 0 saturated carbocycles. The SMILES string of the molecule is O=C(O)C1COCCN1c1cc(CN2CCCC23CCN(C(=O)OC(C(F)(F)F)C(F)(F)F)CC3)cc(C(F)(F)F)c1. The van der Waals surface area contributed by atoms with Crippen molar-refractivity contribution < 1.29 is 63.7 Å². The number of aliphatic carboxylic acids is 1. The first-order valence-electron chi connectivity index (χ1n) is 13.0. The second kappa shape index (κ2) is 11.6. The van der Waals surface area contributed by atoms with E-state index in [-0.39, 0.29) is 63.5 Å². The summed E-state index contributed by atoms with van der Waals surface area (Å²) in [5, 5.41) is 9.55. The highest BCUT2D eigenvalue weighted by atomic mass is 19.4. The molecule has 0 aliphatic carbocycles. The Balaban J connectivity index is 1.50. The molecule has 3 fully saturated rings. The monoisotopic (exact) mass is 621 g/mol. The van der Waals surface area contributed by atoms with Crippen LogP contribution in [0.25, 0.3) is 0 Å². The zero-order valence-electron chi connectivity index (χ0n) is 22.0. The third-order valence-corrected chi connectivity index (χ3v) is 7.93. The molecule has 1 aromatic carbocycles. The Bertz CT molecular complexity index is 1140. The summed E-state index contributed by atoms with van der Waals surface area (Å²) < 4.78 is 127. The number of alkyl halides is 9. The number of ether oxygens (including phenoxy) is 2. The van der Waals surface area contributed by atoms with E-state index >= 15 is 0 Å². The van der Waals surface area contributed by atoms with Crippen molar-refractivity contribution in [3.63, 3.8) is 0 Å². The molecule has 3 heterocycles. The zero-order chi connectivity index (χ0) is 31.1. The van der Waals surface area contributed by atoms with Gasteiger partial charge in [-0.2, -0.15) is 39.5 Å². The van der Waals surface area contributed by atoms with Gasteiger partial charge in [-0.05, 0) is 56.0 Å². The molecule has 1 unspecified atom stereocenters. The number of carboxylic acids is 1. The number of anilines is 1. The van der Waals surface area contributed by atoms with E-state index in [1.54, 1.807) is 0 Å². The van der Waals surface area contributed by atoms with E-state index in [4.69, 9.17) is 4.74 Å². The highest BCUT2D eigenvalue weighted by molar-refractivity contribution is 5.79. The summed E-state index contributed by atoms with van der Waals surface area (Å²) in [7, 11) is 0. The molecule has 3 aliphatic rings. The standard InChI is InChI=1S/C25H28F9N3O5/c26-23(27,28)16-10-15(11-17(12-16)37-8-9-41-14-18(37)19(38)39)13-36-5-1-2-22(36)3-6-35(7-4-22)21(40)42-20(24(29,30)31)25(32,33)34/h10-12,18,20H,1-9,13-14H2,(H,38,39). The molecular formula is C25H28F9N3O5. The number of nitrogens with zero attached hydrogens (tertiary/aromatic N) is 3. The van der Waals surface area contributed by atoms with Gasteiger partial charge in [0.1, 0.15) is 0 Å². The Kier molecular flexibility index (Phi) is 8.84. The minimum Gasteiger partial charge on any atom is -0.480 e. The van der Waals surface area contributed by atoms with Crippen LogP contribution in [0.5, 0.6) is 0 Å². The Labute approximate surface area is 233 Å². The molecule has 17 heteroatoms. The van der Waals surface area contributed by atoms with Crippen LogP contribution in [0.3, 0.4) is 0 Å². The average Bonchev–Trinajstić information content (AvgIpc) is 3.26. The molecule has 1 spiro atoms. The molecule has 236 valence electrons. The summed E-state index contributed by atoms with van der Waals surface area (Å²) in [6.07, 6.45) is -20.9. The van der Waals surface area contributed by atoms with E-state index < -0.39 is 53.8 Å². The minimum absolute atomic E-state index is 0.0215. The van der Waals surface area contributed by atoms with Crippen LogP contribution in [0, 0.1) is 0 Å². The minimum atomic E-state index is -5.84. The van der Waals surface area contributed by atoms with Gasteiger partial charge in [-0.15, -0.1) is 0 Å². The fourth-order valence-electron chi connectivity index (χ4n) is 5.84. The molecule has 3 aliphatic heterocycles. The first-order valence-corrected chi connectivity index (χ1v) is 13.0. The molecule has 1 amide bonds. The van der Waals surface area contributed by atoms with Crippen LogP contribution in [-0.2, 0) is 27.0 Å². The van der Waals surface area contributed by atoms with Crippen LogP contribution in [0.1, 0.15) is 36.8 Å². The maximum atomic E-state index is 13.8. The highest BCUT2D eigenvalue weighted by Gasteiger charge is 2.60. The van der Waals surface area contributed by atoms with Crippen molar-refractivity contribution in [2.45, 2.75) is 68.4 Å². The summed E-state index contributed by atoms with van der Waals surface area (Å²) in [5.74, 6) is -1.26. The molecule has 1 atom stereocenters. The van der Waals surface area contributed by atoms with Crippen molar-refractivity contribution >= 4 is 17.7 Å². The first-order chi connectivity index (χ1) is 19.4. The highest BCUT2D eigenvalue weighted by Crippen LogP contribution is 2.42. The quantitative estimate of drug-likeness (QED) is 0.461. The van der Waals surface area contributed by atoms with Gasteiger partial charge in [-0.1, -0.05) is 0 Å². The van der Waals surface area contributed by atoms with Crippen LogP contribution < -0.4 is 4.90 Å². The number of likely N-dealkylation sites (tertiary alicyclic amines) is 2. The Hall–Kier alpha value is -2.95. The summed E-state index contributed by atoms with van der Waals surface area (Å²) >= 11 is 0. The number of rotatable bonds is 5. The second-order valence-electron chi connectivity index (χ2n) is 10.6. The van der Waals surface area contributed by atoms with Crippen LogP contribution >= 0.6 is 0 Å². The fourth-order valence-corrected chi connectivity index (χ4v) is 5.84. The van der Waals surface area contributed by atoms with Gasteiger partial charge in [0, 0.05) is 37.4 Å². The molecule has 42 heavy (non-hydrogen) atoms. The molecule has 4 rings (SSSR count). The molecule has 0 aromatic heterocycles. The van der Waals surface area contributed by atoms with Crippen molar-refractivity contribution in [1.82, 2.24) is 9.80 Å². The van der Waals surface area contributed by atoms with Crippen molar-refractivity contribution in [2.24, 2.45) is 0 Å². The van der Waals surface area contributed by atoms with Crippen molar-refractivity contribution in [3.8, 4) is 0 Å². The first kappa shape index (κ1) is 32.0. The number of benzene rings is 1. The van der Waals surface area contributed by atoms with Gasteiger partial charge in [0.25, 0.3) is 6.10 Å². The third kappa shape index (κ3) is 6.98. The number of morpholine rings is 1. The van der Waals surface area contributed by atoms with Crippen LogP contribution in [-0.4, -0.2) is 96.4 Å². The molecule has 1 aromatic rings. The van der Waals surface area contributed by atoms with Gasteiger partial charge in [0.2, 0.25) is 0 Å². The number of hydrogen-bond acceptors (Lipinski definition) is 6. The molecule has 1 N–H and O–H groups in total. The predicted octanol–water partition coefficient (Wildman–Crippen LogP) is 5.06. The normalized spacial score (nSPS) is 22.2. The average molecular weight is 621 g/mol. The number of piperidine rings is 1. The summed E-state index contributed by atoms with van der Waals surface area (Å²) in [6.45, 7) is 0.0292. The molecule has 3 saturated heterocycles. The van der Waals surface area contributed by atoms with E-state index in [1.807, 2.05) is 4.90 Å². The van der Waals surface area contributed by atoms with E-state index in [2.05, 4.69) is 4.74 Å². The van der Waals surface area contributed by atoms with Crippen LogP contribution in [0.15, 0.2) is 18.2 Å². The van der Waals surface area contributed by atoms with Gasteiger partial charge in [0.15, 0.2) is 6.04 Å². The molecule has 0 bridgehead atoms. The largest absolute Gasteiger partial charge is 0.480 e. The number of halogens is 9. The Morgan fingerprint density at radius 1 is 0.952 bits per heavy atom. The Morgan fingerprint density at radius 2 is 1.60 bits per heavy atom. The van der Waals surface area contributed by atoms with E-state index in [0.717, 1.165) is 17.0 Å². The third-order valence-electron chi connectivity index (χ3n) is 7.93. The number of carboxylic acid groups (broad SMARTS) is 1. The number of carbonyl (C=O) groups excluding carboxylic acids is 1. The lowest BCUT2D eigenvalue weighted by atomic mass is 9.84. The number of amides is 1. The van der Waals surface area contributed by atoms with Crippen molar-refractivity contribution in [3.05, 3.63) is 29.3 Å². The maximum absolute atomic E-state index is 13.8. The van der Waals surface area contributed by atoms with E-state index in [0.29, 0.717) is 19.4 Å². The van der Waals surface area contributed by atoms with Crippen LogP contribution in [0.2, 0.25) is 0 Å². The molecule has 8 nitrogen and oxygen atoms in total. The molecular weight excluding hydrogens is 593 g/mol. The number of carbonyl (C=O) groups is 2. The second-order valence-corrected chi connectivity index (χ2v) is 10.6. The lowest BCUT2D eigenvalue weighted by molar-refractivity contribution is -0.308. The van der Waals surface area contributed by atoms with Gasteiger partial charge in [-0.3, -0.25) is 4.90 Å². The lowest BCUT2D eigenvalue weighted by Crippen LogP contribution is -2.54. The summed E-state index contributed by atoms with van der Waals surface area (Å²) in [4.78, 5) is 27.9. The van der Waals surface area contributed by atoms with Crippen LogP contribution in [0.4, 0.5) is 50.0 Å². The summed E-state index contributed by atoms with van der Waals surface area (Å²) in [5.41, 5.74) is -1.32. The van der Waals surface area contributed by atoms with Gasteiger partial charge in [0.05, 0.1) is 18.8 Å². The zero-order valence-corrected chi connectivity index (χ0v) is 22.0. The predicted molar refractivity (Wildman–Crippen MR) is 127 cm³/mol. The van der Waals surface area contributed by atoms with Gasteiger partial charge < -0.3 is 24.4 Å². The maximum Gasteiger partial charge on any atom is 0.434 e. The summed E-state index contributed by atoms with van der Waals surface area (Å²) in [6, 6.07) is 2.13. The fraction of sp³-hybridized carbons (Fsp3) is 0.680. The number of hydrogen-bond donors (Lipinski definition) is 1. The molecule has 0 radical (unpaired) electrons. The Morgan fingerprint density at radius 3 is 2.17 bits per heavy atom. The van der Waals surface area contributed by atoms with E-state index in [1.165, 1.54) is 11.0 Å².